The predicted molar refractivity (Wildman–Crippen MR) is 82.5 cm³/mol. The summed E-state index contributed by atoms with van der Waals surface area (Å²) in [4.78, 5) is 3.48. The van der Waals surface area contributed by atoms with E-state index in [-0.39, 0.29) is 0 Å². The quantitative estimate of drug-likeness (QED) is 0.553. The van der Waals surface area contributed by atoms with Crippen LogP contribution in [0, 0.1) is 6.92 Å². The fraction of sp³-hybridized carbons (Fsp3) is 0.125. The highest BCUT2D eigenvalue weighted by Crippen LogP contribution is 2.32. The molecular weight excluding hydrogens is 250 g/mol. The van der Waals surface area contributed by atoms with Crippen molar-refractivity contribution in [3.8, 4) is 5.75 Å². The van der Waals surface area contributed by atoms with Crippen LogP contribution >= 0.6 is 0 Å². The Morgan fingerprint density at radius 2 is 2.00 bits per heavy atom. The van der Waals surface area contributed by atoms with E-state index in [1.807, 2.05) is 25.1 Å². The summed E-state index contributed by atoms with van der Waals surface area (Å²) in [5.41, 5.74) is 11.2. The maximum atomic E-state index is 6.03. The Bertz CT molecular complexity index is 962. The van der Waals surface area contributed by atoms with Crippen LogP contribution in [0.4, 0.5) is 5.69 Å². The molecule has 0 aliphatic rings. The van der Waals surface area contributed by atoms with Gasteiger partial charge in [-0.1, -0.05) is 0 Å². The number of ether oxygens (including phenoxy) is 1. The third kappa shape index (κ3) is 1.30. The Morgan fingerprint density at radius 1 is 1.15 bits per heavy atom. The third-order valence-electron chi connectivity index (χ3n) is 4.02. The first-order valence-electron chi connectivity index (χ1n) is 6.54. The van der Waals surface area contributed by atoms with Gasteiger partial charge in [0, 0.05) is 28.7 Å². The standard InChI is InChI=1S/C16H15N3O/c1-9-13(17)8-15-16-12(5-6-19(9)15)11-4-3-10(20-2)7-14(11)18-16/h3-8,18H,17H2,1-2H3. The number of nitrogen functional groups attached to an aromatic ring is 1. The Hall–Kier alpha value is -2.62. The lowest BCUT2D eigenvalue weighted by Crippen LogP contribution is -1.89. The molecule has 0 atom stereocenters. The molecule has 0 saturated carbocycles. The van der Waals surface area contributed by atoms with Crippen molar-refractivity contribution in [2.75, 3.05) is 12.8 Å². The molecule has 0 aliphatic heterocycles. The van der Waals surface area contributed by atoms with Crippen molar-refractivity contribution < 1.29 is 4.74 Å². The molecule has 100 valence electrons. The second kappa shape index (κ2) is 3.70. The van der Waals surface area contributed by atoms with Crippen LogP contribution in [0.2, 0.25) is 0 Å². The van der Waals surface area contributed by atoms with E-state index < -0.39 is 0 Å². The molecule has 3 heterocycles. The van der Waals surface area contributed by atoms with Gasteiger partial charge in [0.2, 0.25) is 0 Å². The number of aromatic nitrogens is 2. The van der Waals surface area contributed by atoms with Gasteiger partial charge in [0.15, 0.2) is 0 Å². The van der Waals surface area contributed by atoms with Gasteiger partial charge in [-0.05, 0) is 31.2 Å². The zero-order valence-electron chi connectivity index (χ0n) is 11.4. The topological polar surface area (TPSA) is 55.5 Å². The number of aromatic amines is 1. The van der Waals surface area contributed by atoms with E-state index in [0.717, 1.165) is 33.7 Å². The third-order valence-corrected chi connectivity index (χ3v) is 4.02. The SMILES string of the molecule is COc1ccc2c(c1)[nH]c1c2ccn2c(C)c(N)cc12. The summed E-state index contributed by atoms with van der Waals surface area (Å²) >= 11 is 0. The van der Waals surface area contributed by atoms with Crippen LogP contribution < -0.4 is 10.5 Å². The number of nitrogens with one attached hydrogen (secondary N) is 1. The molecule has 1 aromatic carbocycles. The lowest BCUT2D eigenvalue weighted by molar-refractivity contribution is 0.415. The number of aryl methyl sites for hydroxylation is 1. The van der Waals surface area contributed by atoms with Crippen LogP contribution in [0.5, 0.6) is 5.75 Å². The summed E-state index contributed by atoms with van der Waals surface area (Å²) in [6.45, 7) is 2.03. The molecule has 0 saturated heterocycles. The first-order chi connectivity index (χ1) is 9.69. The molecule has 0 unspecified atom stereocenters. The van der Waals surface area contributed by atoms with E-state index in [4.69, 9.17) is 10.5 Å². The average molecular weight is 265 g/mol. The highest BCUT2D eigenvalue weighted by Gasteiger charge is 2.11. The van der Waals surface area contributed by atoms with Crippen molar-refractivity contribution in [2.24, 2.45) is 0 Å². The molecule has 0 aliphatic carbocycles. The minimum atomic E-state index is 0.814. The molecule has 3 N–H and O–H groups in total. The molecule has 4 aromatic rings. The van der Waals surface area contributed by atoms with Gasteiger partial charge in [-0.3, -0.25) is 0 Å². The van der Waals surface area contributed by atoms with Crippen LogP contribution in [0.25, 0.3) is 27.3 Å². The van der Waals surface area contributed by atoms with Crippen molar-refractivity contribution in [3.63, 3.8) is 0 Å². The fourth-order valence-corrected chi connectivity index (χ4v) is 2.88. The predicted octanol–water partition coefficient (Wildman–Crippen LogP) is 3.47. The molecule has 4 rings (SSSR count). The number of pyridine rings is 1. The van der Waals surface area contributed by atoms with Crippen LogP contribution in [0.3, 0.4) is 0 Å². The summed E-state index contributed by atoms with van der Waals surface area (Å²) in [5.74, 6) is 0.853. The van der Waals surface area contributed by atoms with E-state index in [0.29, 0.717) is 0 Å². The minimum absolute atomic E-state index is 0.814. The molecule has 20 heavy (non-hydrogen) atoms. The zero-order valence-corrected chi connectivity index (χ0v) is 11.4. The van der Waals surface area contributed by atoms with Crippen LogP contribution in [-0.4, -0.2) is 16.5 Å². The molecule has 0 fully saturated rings. The molecule has 4 heteroatoms. The molecule has 0 radical (unpaired) electrons. The van der Waals surface area contributed by atoms with Crippen LogP contribution in [-0.2, 0) is 0 Å². The number of benzene rings is 1. The number of hydrogen-bond acceptors (Lipinski definition) is 2. The van der Waals surface area contributed by atoms with Crippen LogP contribution in [0.1, 0.15) is 5.69 Å². The van der Waals surface area contributed by atoms with E-state index in [2.05, 4.69) is 27.7 Å². The van der Waals surface area contributed by atoms with Gasteiger partial charge in [-0.15, -0.1) is 0 Å². The number of rotatable bonds is 1. The van der Waals surface area contributed by atoms with Crippen molar-refractivity contribution in [2.45, 2.75) is 6.92 Å². The number of nitrogens with two attached hydrogens (primary N) is 1. The number of H-pyrrole nitrogens is 1. The largest absolute Gasteiger partial charge is 0.497 e. The van der Waals surface area contributed by atoms with Crippen molar-refractivity contribution in [3.05, 3.63) is 42.2 Å². The second-order valence-corrected chi connectivity index (χ2v) is 5.08. The molecule has 0 bridgehead atoms. The molecule has 3 aromatic heterocycles. The lowest BCUT2D eigenvalue weighted by Gasteiger charge is -1.99. The molecule has 0 amide bonds. The zero-order chi connectivity index (χ0) is 13.9. The van der Waals surface area contributed by atoms with E-state index in [1.54, 1.807) is 7.11 Å². The molecule has 0 spiro atoms. The summed E-state index contributed by atoms with van der Waals surface area (Å²) in [6.07, 6.45) is 2.07. The van der Waals surface area contributed by atoms with E-state index >= 15 is 0 Å². The van der Waals surface area contributed by atoms with E-state index in [9.17, 15) is 0 Å². The van der Waals surface area contributed by atoms with Crippen molar-refractivity contribution in [1.82, 2.24) is 9.38 Å². The Labute approximate surface area is 115 Å². The fourth-order valence-electron chi connectivity index (χ4n) is 2.88. The van der Waals surface area contributed by atoms with Gasteiger partial charge in [0.05, 0.1) is 29.3 Å². The Kier molecular flexibility index (Phi) is 2.07. The number of hydrogen-bond donors (Lipinski definition) is 2. The highest BCUT2D eigenvalue weighted by atomic mass is 16.5. The summed E-state index contributed by atoms with van der Waals surface area (Å²) in [5, 5.41) is 2.40. The summed E-state index contributed by atoms with van der Waals surface area (Å²) < 4.78 is 7.40. The van der Waals surface area contributed by atoms with Gasteiger partial charge < -0.3 is 19.9 Å². The lowest BCUT2D eigenvalue weighted by atomic mass is 10.2. The Morgan fingerprint density at radius 3 is 2.80 bits per heavy atom. The summed E-state index contributed by atoms with van der Waals surface area (Å²) in [7, 11) is 1.68. The Balaban J connectivity index is 2.19. The van der Waals surface area contributed by atoms with Crippen molar-refractivity contribution >= 4 is 33.0 Å². The van der Waals surface area contributed by atoms with Gasteiger partial charge in [0.1, 0.15) is 5.75 Å². The number of nitrogens with zero attached hydrogens (tertiary/aromatic N) is 1. The monoisotopic (exact) mass is 265 g/mol. The van der Waals surface area contributed by atoms with Gasteiger partial charge in [-0.25, -0.2) is 0 Å². The van der Waals surface area contributed by atoms with Gasteiger partial charge in [0.25, 0.3) is 0 Å². The first kappa shape index (κ1) is 11.2. The number of anilines is 1. The summed E-state index contributed by atoms with van der Waals surface area (Å²) in [6, 6.07) is 10.2. The average Bonchev–Trinajstić information content (AvgIpc) is 2.97. The second-order valence-electron chi connectivity index (χ2n) is 5.08. The van der Waals surface area contributed by atoms with Gasteiger partial charge in [-0.2, -0.15) is 0 Å². The number of fused-ring (bicyclic) bond motifs is 5. The van der Waals surface area contributed by atoms with E-state index in [1.165, 1.54) is 10.8 Å². The highest BCUT2D eigenvalue weighted by molar-refractivity contribution is 6.12. The van der Waals surface area contributed by atoms with Gasteiger partial charge >= 0.3 is 0 Å². The maximum absolute atomic E-state index is 6.03. The molecule has 4 nitrogen and oxygen atoms in total. The smallest absolute Gasteiger partial charge is 0.120 e. The van der Waals surface area contributed by atoms with Crippen LogP contribution in [0.15, 0.2) is 36.5 Å². The minimum Gasteiger partial charge on any atom is -0.497 e. The number of methoxy groups -OCH3 is 1. The molecular formula is C16H15N3O. The maximum Gasteiger partial charge on any atom is 0.120 e. The van der Waals surface area contributed by atoms with Crippen molar-refractivity contribution in [1.29, 1.82) is 0 Å². The first-order valence-corrected chi connectivity index (χ1v) is 6.54. The normalized spacial score (nSPS) is 11.7.